The lowest BCUT2D eigenvalue weighted by molar-refractivity contribution is 0.283. The highest BCUT2D eigenvalue weighted by atomic mass is 35.5. The van der Waals surface area contributed by atoms with Crippen LogP contribution in [0.3, 0.4) is 0 Å². The van der Waals surface area contributed by atoms with Crippen LogP contribution in [-0.2, 0) is 13.2 Å². The van der Waals surface area contributed by atoms with Gasteiger partial charge in [0.15, 0.2) is 0 Å². The van der Waals surface area contributed by atoms with Crippen molar-refractivity contribution in [1.29, 1.82) is 0 Å². The van der Waals surface area contributed by atoms with Gasteiger partial charge >= 0.3 is 0 Å². The zero-order chi connectivity index (χ0) is 13.6. The summed E-state index contributed by atoms with van der Waals surface area (Å²) in [4.78, 5) is 0. The second-order valence-corrected chi connectivity index (χ2v) is 5.76. The van der Waals surface area contributed by atoms with E-state index in [1.165, 1.54) is 23.5 Å². The lowest BCUT2D eigenvalue weighted by atomic mass is 10.1. The third kappa shape index (κ3) is 2.01. The van der Waals surface area contributed by atoms with Crippen LogP contribution in [0.5, 0.6) is 0 Å². The molecule has 0 saturated heterocycles. The number of hydrogen-bond acceptors (Lipinski definition) is 3. The summed E-state index contributed by atoms with van der Waals surface area (Å²) in [7, 11) is 0. The van der Waals surface area contributed by atoms with Crippen molar-refractivity contribution in [3.8, 4) is 0 Å². The van der Waals surface area contributed by atoms with Gasteiger partial charge in [0.2, 0.25) is 0 Å². The maximum atomic E-state index is 13.6. The molecule has 2 N–H and O–H groups in total. The van der Waals surface area contributed by atoms with Gasteiger partial charge in [0.1, 0.15) is 5.82 Å². The van der Waals surface area contributed by atoms with Gasteiger partial charge < -0.3 is 10.2 Å². The molecule has 1 aromatic heterocycles. The molecule has 0 amide bonds. The van der Waals surface area contributed by atoms with Crippen LogP contribution in [0.1, 0.15) is 11.1 Å². The summed E-state index contributed by atoms with van der Waals surface area (Å²) in [5, 5.41) is 20.8. The Morgan fingerprint density at radius 2 is 1.53 bits per heavy atom. The van der Waals surface area contributed by atoms with Crippen molar-refractivity contribution < 1.29 is 14.6 Å². The Balaban J connectivity index is 2.52. The number of benzene rings is 2. The van der Waals surface area contributed by atoms with Gasteiger partial charge in [-0.15, -0.1) is 11.3 Å². The molecule has 0 radical (unpaired) electrons. The highest BCUT2D eigenvalue weighted by Gasteiger charge is 2.14. The maximum Gasteiger partial charge on any atom is 0.124 e. The Kier molecular flexibility index (Phi) is 3.19. The highest BCUT2D eigenvalue weighted by molar-refractivity contribution is 7.26. The third-order valence-corrected chi connectivity index (χ3v) is 4.69. The van der Waals surface area contributed by atoms with Gasteiger partial charge in [-0.1, -0.05) is 11.6 Å². The normalized spacial score (nSPS) is 11.6. The minimum absolute atomic E-state index is 0.124. The largest absolute Gasteiger partial charge is 0.392 e. The summed E-state index contributed by atoms with van der Waals surface area (Å²) in [6, 6.07) is 6.23. The molecule has 0 unspecified atom stereocenters. The molecule has 3 aromatic rings. The first-order valence-electron chi connectivity index (χ1n) is 5.69. The number of rotatable bonds is 2. The van der Waals surface area contributed by atoms with Crippen molar-refractivity contribution in [2.75, 3.05) is 0 Å². The van der Waals surface area contributed by atoms with E-state index in [1.54, 1.807) is 12.1 Å². The van der Waals surface area contributed by atoms with Crippen LogP contribution in [0.2, 0.25) is 5.02 Å². The molecule has 5 heteroatoms. The van der Waals surface area contributed by atoms with Crippen molar-refractivity contribution in [3.63, 3.8) is 0 Å². The highest BCUT2D eigenvalue weighted by Crippen LogP contribution is 2.39. The van der Waals surface area contributed by atoms with Gasteiger partial charge in [-0.05, 0) is 35.4 Å². The first-order chi connectivity index (χ1) is 9.13. The Morgan fingerprint density at radius 1 is 0.947 bits per heavy atom. The number of aliphatic hydroxyl groups excluding tert-OH is 2. The molecule has 0 fully saturated rings. The van der Waals surface area contributed by atoms with Crippen LogP contribution < -0.4 is 0 Å². The van der Waals surface area contributed by atoms with Crippen LogP contribution in [0.25, 0.3) is 20.2 Å². The molecule has 19 heavy (non-hydrogen) atoms. The standard InChI is InChI=1S/C14H10ClFO2S/c15-9-1-7(5-17)13-11(3-9)12-4-10(16)2-8(6-18)14(12)19-13/h1-4,17-18H,5-6H2. The van der Waals surface area contributed by atoms with Gasteiger partial charge in [0, 0.05) is 25.2 Å². The van der Waals surface area contributed by atoms with Gasteiger partial charge in [-0.3, -0.25) is 0 Å². The van der Waals surface area contributed by atoms with Gasteiger partial charge in [0.05, 0.1) is 13.2 Å². The molecule has 0 spiro atoms. The first kappa shape index (κ1) is 12.8. The minimum atomic E-state index is -0.387. The zero-order valence-electron chi connectivity index (χ0n) is 9.78. The number of halogens is 2. The summed E-state index contributed by atoms with van der Waals surface area (Å²) < 4.78 is 15.3. The quantitative estimate of drug-likeness (QED) is 0.754. The predicted molar refractivity (Wildman–Crippen MR) is 76.1 cm³/mol. The van der Waals surface area contributed by atoms with E-state index >= 15 is 0 Å². The predicted octanol–water partition coefficient (Wildman–Crippen LogP) is 3.83. The average Bonchev–Trinajstić information content (AvgIpc) is 2.75. The SMILES string of the molecule is OCc1cc(F)cc2c1sc1c(CO)cc(Cl)cc12. The Morgan fingerprint density at radius 3 is 2.16 bits per heavy atom. The van der Waals surface area contributed by atoms with Crippen LogP contribution in [-0.4, -0.2) is 10.2 Å². The fraction of sp³-hybridized carbons (Fsp3) is 0.143. The topological polar surface area (TPSA) is 40.5 Å². The number of thiophene rings is 1. The van der Waals surface area contributed by atoms with E-state index in [0.717, 1.165) is 20.2 Å². The summed E-state index contributed by atoms with van der Waals surface area (Å²) in [6.45, 7) is -0.343. The van der Waals surface area contributed by atoms with E-state index in [1.807, 2.05) is 0 Å². The average molecular weight is 297 g/mol. The number of fused-ring (bicyclic) bond motifs is 3. The molecular formula is C14H10ClFO2S. The van der Waals surface area contributed by atoms with Gasteiger partial charge in [-0.25, -0.2) is 4.39 Å². The molecule has 0 aliphatic rings. The second kappa shape index (κ2) is 4.72. The molecule has 2 nitrogen and oxygen atoms in total. The monoisotopic (exact) mass is 296 g/mol. The van der Waals surface area contributed by atoms with E-state index in [-0.39, 0.29) is 19.0 Å². The van der Waals surface area contributed by atoms with Crippen molar-refractivity contribution >= 4 is 43.1 Å². The molecule has 0 atom stereocenters. The number of aliphatic hydroxyl groups is 2. The first-order valence-corrected chi connectivity index (χ1v) is 6.88. The molecule has 0 bridgehead atoms. The van der Waals surface area contributed by atoms with E-state index < -0.39 is 0 Å². The van der Waals surface area contributed by atoms with Crippen LogP contribution in [0.4, 0.5) is 4.39 Å². The van der Waals surface area contributed by atoms with E-state index in [4.69, 9.17) is 11.6 Å². The van der Waals surface area contributed by atoms with Crippen LogP contribution in [0, 0.1) is 5.82 Å². The molecule has 98 valence electrons. The third-order valence-electron chi connectivity index (χ3n) is 3.10. The lowest BCUT2D eigenvalue weighted by Gasteiger charge is -2.00. The summed E-state index contributed by atoms with van der Waals surface area (Å²) in [5.74, 6) is -0.387. The summed E-state index contributed by atoms with van der Waals surface area (Å²) in [6.07, 6.45) is 0. The van der Waals surface area contributed by atoms with E-state index in [9.17, 15) is 14.6 Å². The lowest BCUT2D eigenvalue weighted by Crippen LogP contribution is -1.85. The van der Waals surface area contributed by atoms with Crippen molar-refractivity contribution in [2.45, 2.75) is 13.2 Å². The van der Waals surface area contributed by atoms with E-state index in [2.05, 4.69) is 0 Å². The molecule has 2 aromatic carbocycles. The fourth-order valence-electron chi connectivity index (χ4n) is 2.28. The smallest absolute Gasteiger partial charge is 0.124 e. The van der Waals surface area contributed by atoms with Crippen LogP contribution >= 0.6 is 22.9 Å². The minimum Gasteiger partial charge on any atom is -0.392 e. The van der Waals surface area contributed by atoms with E-state index in [0.29, 0.717) is 16.1 Å². The molecule has 0 aliphatic carbocycles. The van der Waals surface area contributed by atoms with Crippen LogP contribution in [0.15, 0.2) is 24.3 Å². The van der Waals surface area contributed by atoms with Gasteiger partial charge in [-0.2, -0.15) is 0 Å². The Hall–Kier alpha value is -1.20. The number of hydrogen-bond donors (Lipinski definition) is 2. The summed E-state index contributed by atoms with van der Waals surface area (Å²) >= 11 is 7.46. The molecular weight excluding hydrogens is 287 g/mol. The van der Waals surface area contributed by atoms with Gasteiger partial charge in [0.25, 0.3) is 0 Å². The molecule has 3 rings (SSSR count). The Bertz CT molecular complexity index is 718. The maximum absolute atomic E-state index is 13.6. The van der Waals surface area contributed by atoms with Crippen molar-refractivity contribution in [1.82, 2.24) is 0 Å². The zero-order valence-corrected chi connectivity index (χ0v) is 11.4. The molecule has 0 saturated carbocycles. The summed E-state index contributed by atoms with van der Waals surface area (Å²) in [5.41, 5.74) is 1.27. The second-order valence-electron chi connectivity index (χ2n) is 4.30. The fourth-order valence-corrected chi connectivity index (χ4v) is 3.79. The molecule has 0 aliphatic heterocycles. The Labute approximate surface area is 117 Å². The molecule has 1 heterocycles. The van der Waals surface area contributed by atoms with Crippen molar-refractivity contribution in [2.24, 2.45) is 0 Å². The van der Waals surface area contributed by atoms with Crippen molar-refractivity contribution in [3.05, 3.63) is 46.2 Å².